The topological polar surface area (TPSA) is 73.8 Å². The molecule has 1 amide bonds. The Hall–Kier alpha value is -2.21. The lowest BCUT2D eigenvalue weighted by atomic mass is 10.1. The van der Waals surface area contributed by atoms with Crippen molar-refractivity contribution in [2.45, 2.75) is 6.54 Å². The Kier molecular flexibility index (Phi) is 3.23. The molecular formula is C14H11BrN4O. The highest BCUT2D eigenvalue weighted by atomic mass is 79.9. The molecule has 3 aromatic rings. The minimum Gasteiger partial charge on any atom is -0.366 e. The van der Waals surface area contributed by atoms with Gasteiger partial charge in [-0.1, -0.05) is 12.1 Å². The SMILES string of the molecule is NC(=O)c1cccc2c1c(Br)nn2Cc1cccnc1. The molecule has 1 aromatic carbocycles. The fourth-order valence-electron chi connectivity index (χ4n) is 2.17. The predicted octanol–water partition coefficient (Wildman–Crippen LogP) is 2.34. The van der Waals surface area contributed by atoms with Crippen LogP contribution in [0, 0.1) is 0 Å². The molecule has 2 heterocycles. The number of aromatic nitrogens is 3. The maximum absolute atomic E-state index is 11.5. The zero-order valence-electron chi connectivity index (χ0n) is 10.5. The third kappa shape index (κ3) is 2.18. The average molecular weight is 331 g/mol. The third-order valence-electron chi connectivity index (χ3n) is 3.06. The van der Waals surface area contributed by atoms with Crippen LogP contribution in [0.25, 0.3) is 10.9 Å². The lowest BCUT2D eigenvalue weighted by Gasteiger charge is -2.04. The Morgan fingerprint density at radius 2 is 2.15 bits per heavy atom. The van der Waals surface area contributed by atoms with Crippen molar-refractivity contribution in [2.24, 2.45) is 5.73 Å². The van der Waals surface area contributed by atoms with Crippen molar-refractivity contribution >= 4 is 32.7 Å². The van der Waals surface area contributed by atoms with Crippen LogP contribution in [-0.2, 0) is 6.54 Å². The molecule has 6 heteroatoms. The smallest absolute Gasteiger partial charge is 0.249 e. The maximum atomic E-state index is 11.5. The quantitative estimate of drug-likeness (QED) is 0.800. The Morgan fingerprint density at radius 1 is 1.30 bits per heavy atom. The number of pyridine rings is 1. The van der Waals surface area contributed by atoms with Crippen LogP contribution in [0.1, 0.15) is 15.9 Å². The van der Waals surface area contributed by atoms with Crippen LogP contribution in [-0.4, -0.2) is 20.7 Å². The van der Waals surface area contributed by atoms with E-state index in [-0.39, 0.29) is 0 Å². The standard InChI is InChI=1S/C14H11BrN4O/c15-13-12-10(14(16)20)4-1-5-11(12)19(18-13)8-9-3-2-6-17-7-9/h1-7H,8H2,(H2,16,20). The van der Waals surface area contributed by atoms with E-state index in [0.29, 0.717) is 16.7 Å². The summed E-state index contributed by atoms with van der Waals surface area (Å²) in [7, 11) is 0. The largest absolute Gasteiger partial charge is 0.366 e. The molecule has 0 fully saturated rings. The molecule has 0 atom stereocenters. The molecule has 100 valence electrons. The molecule has 0 aliphatic carbocycles. The number of primary amides is 1. The number of nitrogens with two attached hydrogens (primary N) is 1. The molecule has 3 rings (SSSR count). The van der Waals surface area contributed by atoms with Gasteiger partial charge < -0.3 is 5.73 Å². The summed E-state index contributed by atoms with van der Waals surface area (Å²) in [4.78, 5) is 15.6. The molecule has 0 aliphatic rings. The van der Waals surface area contributed by atoms with Crippen LogP contribution in [0.2, 0.25) is 0 Å². The van der Waals surface area contributed by atoms with E-state index in [4.69, 9.17) is 5.73 Å². The molecule has 0 radical (unpaired) electrons. The van der Waals surface area contributed by atoms with E-state index in [2.05, 4.69) is 26.0 Å². The third-order valence-corrected chi connectivity index (χ3v) is 3.61. The normalized spacial score (nSPS) is 10.8. The van der Waals surface area contributed by atoms with Gasteiger partial charge in [0.05, 0.1) is 17.6 Å². The van der Waals surface area contributed by atoms with E-state index in [1.807, 2.05) is 22.9 Å². The summed E-state index contributed by atoms with van der Waals surface area (Å²) >= 11 is 3.39. The van der Waals surface area contributed by atoms with Gasteiger partial charge in [-0.3, -0.25) is 14.5 Å². The molecule has 20 heavy (non-hydrogen) atoms. The highest BCUT2D eigenvalue weighted by Gasteiger charge is 2.15. The second kappa shape index (κ2) is 5.05. The van der Waals surface area contributed by atoms with E-state index in [1.54, 1.807) is 24.5 Å². The highest BCUT2D eigenvalue weighted by Crippen LogP contribution is 2.27. The zero-order chi connectivity index (χ0) is 14.1. The minimum absolute atomic E-state index is 0.461. The molecule has 0 bridgehead atoms. The molecule has 5 nitrogen and oxygen atoms in total. The number of halogens is 1. The number of carbonyl (C=O) groups excluding carboxylic acids is 1. The van der Waals surface area contributed by atoms with E-state index < -0.39 is 5.91 Å². The van der Waals surface area contributed by atoms with Gasteiger partial charge in [-0.05, 0) is 39.7 Å². The molecule has 0 spiro atoms. The molecule has 0 aliphatic heterocycles. The fraction of sp³-hybridized carbons (Fsp3) is 0.0714. The van der Waals surface area contributed by atoms with E-state index in [1.165, 1.54) is 0 Å². The van der Waals surface area contributed by atoms with Crippen LogP contribution >= 0.6 is 15.9 Å². The molecule has 0 saturated heterocycles. The fourth-order valence-corrected chi connectivity index (χ4v) is 2.78. The van der Waals surface area contributed by atoms with Crippen molar-refractivity contribution in [2.75, 3.05) is 0 Å². The Bertz CT molecular complexity index is 782. The second-order valence-electron chi connectivity index (χ2n) is 4.37. The molecule has 0 saturated carbocycles. The van der Waals surface area contributed by atoms with Gasteiger partial charge in [-0.2, -0.15) is 5.10 Å². The van der Waals surface area contributed by atoms with Crippen molar-refractivity contribution in [1.82, 2.24) is 14.8 Å². The summed E-state index contributed by atoms with van der Waals surface area (Å²) in [5, 5.41) is 5.17. The summed E-state index contributed by atoms with van der Waals surface area (Å²) in [6.45, 7) is 0.582. The summed E-state index contributed by atoms with van der Waals surface area (Å²) in [6.07, 6.45) is 3.52. The van der Waals surface area contributed by atoms with Gasteiger partial charge in [-0.15, -0.1) is 0 Å². The molecule has 0 unspecified atom stereocenters. The number of amides is 1. The molecule has 2 aromatic heterocycles. The van der Waals surface area contributed by atoms with Gasteiger partial charge in [0.1, 0.15) is 4.60 Å². The van der Waals surface area contributed by atoms with Crippen molar-refractivity contribution < 1.29 is 4.79 Å². The van der Waals surface area contributed by atoms with Crippen LogP contribution < -0.4 is 5.73 Å². The first-order valence-corrected chi connectivity index (χ1v) is 6.80. The predicted molar refractivity (Wildman–Crippen MR) is 79.3 cm³/mol. The van der Waals surface area contributed by atoms with Crippen LogP contribution in [0.5, 0.6) is 0 Å². The number of rotatable bonds is 3. The summed E-state index contributed by atoms with van der Waals surface area (Å²) in [6, 6.07) is 9.27. The van der Waals surface area contributed by atoms with Gasteiger partial charge in [0.2, 0.25) is 5.91 Å². The lowest BCUT2D eigenvalue weighted by Crippen LogP contribution is -2.11. The van der Waals surface area contributed by atoms with Gasteiger partial charge in [0, 0.05) is 17.8 Å². The Morgan fingerprint density at radius 3 is 2.85 bits per heavy atom. The average Bonchev–Trinajstić information content (AvgIpc) is 2.77. The van der Waals surface area contributed by atoms with E-state index in [0.717, 1.165) is 16.5 Å². The van der Waals surface area contributed by atoms with Crippen molar-refractivity contribution in [3.8, 4) is 0 Å². The summed E-state index contributed by atoms with van der Waals surface area (Å²) < 4.78 is 2.44. The number of hydrogen-bond acceptors (Lipinski definition) is 3. The van der Waals surface area contributed by atoms with Crippen LogP contribution in [0.3, 0.4) is 0 Å². The summed E-state index contributed by atoms with van der Waals surface area (Å²) in [5.74, 6) is -0.461. The van der Waals surface area contributed by atoms with Gasteiger partial charge in [-0.25, -0.2) is 0 Å². The first-order valence-electron chi connectivity index (χ1n) is 6.00. The Labute approximate surface area is 123 Å². The van der Waals surface area contributed by atoms with Gasteiger partial charge in [0.25, 0.3) is 0 Å². The zero-order valence-corrected chi connectivity index (χ0v) is 12.0. The lowest BCUT2D eigenvalue weighted by molar-refractivity contribution is 0.100. The monoisotopic (exact) mass is 330 g/mol. The van der Waals surface area contributed by atoms with Gasteiger partial charge >= 0.3 is 0 Å². The van der Waals surface area contributed by atoms with Crippen molar-refractivity contribution in [3.63, 3.8) is 0 Å². The van der Waals surface area contributed by atoms with E-state index in [9.17, 15) is 4.79 Å². The molecule has 2 N–H and O–H groups in total. The van der Waals surface area contributed by atoms with Crippen molar-refractivity contribution in [1.29, 1.82) is 0 Å². The first-order chi connectivity index (χ1) is 9.66. The summed E-state index contributed by atoms with van der Waals surface area (Å²) in [5.41, 5.74) is 7.76. The minimum atomic E-state index is -0.461. The maximum Gasteiger partial charge on any atom is 0.249 e. The number of nitrogens with zero attached hydrogens (tertiary/aromatic N) is 3. The Balaban J connectivity index is 2.14. The van der Waals surface area contributed by atoms with Crippen LogP contribution in [0.15, 0.2) is 47.3 Å². The number of hydrogen-bond donors (Lipinski definition) is 1. The van der Waals surface area contributed by atoms with Crippen LogP contribution in [0.4, 0.5) is 0 Å². The molecular weight excluding hydrogens is 320 g/mol. The second-order valence-corrected chi connectivity index (χ2v) is 5.12. The number of benzene rings is 1. The number of carbonyl (C=O) groups is 1. The van der Waals surface area contributed by atoms with E-state index >= 15 is 0 Å². The van der Waals surface area contributed by atoms with Gasteiger partial charge in [0.15, 0.2) is 0 Å². The highest BCUT2D eigenvalue weighted by molar-refractivity contribution is 9.10. The number of fused-ring (bicyclic) bond motifs is 1. The first kappa shape index (κ1) is 12.8. The van der Waals surface area contributed by atoms with Crippen molar-refractivity contribution in [3.05, 3.63) is 58.5 Å².